The highest BCUT2D eigenvalue weighted by atomic mass is 16.1. The Labute approximate surface area is 76.9 Å². The van der Waals surface area contributed by atoms with Crippen LogP contribution in [0.15, 0.2) is 6.20 Å². The monoisotopic (exact) mass is 179 g/mol. The van der Waals surface area contributed by atoms with Gasteiger partial charge < -0.3 is 5.32 Å². The molecule has 1 unspecified atom stereocenters. The van der Waals surface area contributed by atoms with Crippen LogP contribution in [-0.4, -0.2) is 22.2 Å². The molecule has 1 atom stereocenters. The molecular formula is C9H13N3O. The molecule has 1 aromatic heterocycles. The lowest BCUT2D eigenvalue weighted by Crippen LogP contribution is -2.13. The molecule has 70 valence electrons. The van der Waals surface area contributed by atoms with Gasteiger partial charge in [0.1, 0.15) is 0 Å². The van der Waals surface area contributed by atoms with Gasteiger partial charge in [-0.1, -0.05) is 0 Å². The average molecular weight is 179 g/mol. The maximum atomic E-state index is 11.0. The molecule has 2 heterocycles. The number of aromatic nitrogens is 2. The van der Waals surface area contributed by atoms with Crippen molar-refractivity contribution in [2.24, 2.45) is 7.05 Å². The first-order chi connectivity index (χ1) is 6.18. The summed E-state index contributed by atoms with van der Waals surface area (Å²) in [5.74, 6) is 0.467. The minimum absolute atomic E-state index is 0.147. The third-order valence-electron chi connectivity index (χ3n) is 2.69. The van der Waals surface area contributed by atoms with E-state index in [1.54, 1.807) is 0 Å². The van der Waals surface area contributed by atoms with Crippen molar-refractivity contribution >= 4 is 5.91 Å². The van der Waals surface area contributed by atoms with E-state index in [-0.39, 0.29) is 5.91 Å². The minimum Gasteiger partial charge on any atom is -0.355 e. The smallest absolute Gasteiger partial charge is 0.220 e. The molecule has 1 aromatic rings. The Hall–Kier alpha value is -1.32. The summed E-state index contributed by atoms with van der Waals surface area (Å²) in [7, 11) is 1.92. The van der Waals surface area contributed by atoms with Crippen molar-refractivity contribution in [2.75, 3.05) is 6.54 Å². The highest BCUT2D eigenvalue weighted by Crippen LogP contribution is 2.24. The van der Waals surface area contributed by atoms with E-state index in [1.165, 1.54) is 5.56 Å². The Morgan fingerprint density at radius 1 is 1.69 bits per heavy atom. The summed E-state index contributed by atoms with van der Waals surface area (Å²) in [6.45, 7) is 2.79. The summed E-state index contributed by atoms with van der Waals surface area (Å²) >= 11 is 0. The van der Waals surface area contributed by atoms with E-state index in [1.807, 2.05) is 24.9 Å². The van der Waals surface area contributed by atoms with Gasteiger partial charge in [0.25, 0.3) is 0 Å². The highest BCUT2D eigenvalue weighted by Gasteiger charge is 2.25. The summed E-state index contributed by atoms with van der Waals surface area (Å²) in [6.07, 6.45) is 2.47. The number of carbonyl (C=O) groups excluding carboxylic acids is 1. The molecule has 0 aliphatic carbocycles. The molecule has 4 nitrogen and oxygen atoms in total. The van der Waals surface area contributed by atoms with Gasteiger partial charge in [0.05, 0.1) is 6.20 Å². The third kappa shape index (κ3) is 1.32. The standard InChI is InChI=1S/C9H13N3O/c1-6-8(5-11-12(6)2)7-3-9(13)10-4-7/h5,7H,3-4H2,1-2H3,(H,10,13). The van der Waals surface area contributed by atoms with Crippen molar-refractivity contribution in [3.8, 4) is 0 Å². The first-order valence-electron chi connectivity index (χ1n) is 4.43. The number of carbonyl (C=O) groups is 1. The molecule has 1 saturated heterocycles. The molecule has 1 amide bonds. The molecule has 4 heteroatoms. The van der Waals surface area contributed by atoms with E-state index in [2.05, 4.69) is 10.4 Å². The lowest BCUT2D eigenvalue weighted by molar-refractivity contribution is -0.119. The first kappa shape index (κ1) is 8.29. The van der Waals surface area contributed by atoms with Crippen molar-refractivity contribution in [1.82, 2.24) is 15.1 Å². The quantitative estimate of drug-likeness (QED) is 0.675. The van der Waals surface area contributed by atoms with E-state index in [9.17, 15) is 4.79 Å². The van der Waals surface area contributed by atoms with Gasteiger partial charge in [-0.25, -0.2) is 0 Å². The number of nitrogens with zero attached hydrogens (tertiary/aromatic N) is 2. The van der Waals surface area contributed by atoms with Crippen LogP contribution in [0, 0.1) is 6.92 Å². The maximum absolute atomic E-state index is 11.0. The fourth-order valence-electron chi connectivity index (χ4n) is 1.74. The number of hydrogen-bond acceptors (Lipinski definition) is 2. The summed E-state index contributed by atoms with van der Waals surface area (Å²) in [5, 5.41) is 6.99. The van der Waals surface area contributed by atoms with Crippen LogP contribution in [0.25, 0.3) is 0 Å². The Bertz CT molecular complexity index is 343. The maximum Gasteiger partial charge on any atom is 0.220 e. The second-order valence-electron chi connectivity index (χ2n) is 3.51. The number of rotatable bonds is 1. The summed E-state index contributed by atoms with van der Waals surface area (Å²) in [4.78, 5) is 11.0. The molecule has 1 fully saturated rings. The van der Waals surface area contributed by atoms with Crippen molar-refractivity contribution in [3.63, 3.8) is 0 Å². The van der Waals surface area contributed by atoms with Crippen LogP contribution in [0.5, 0.6) is 0 Å². The van der Waals surface area contributed by atoms with Crippen LogP contribution >= 0.6 is 0 Å². The molecule has 2 rings (SSSR count). The Morgan fingerprint density at radius 2 is 2.46 bits per heavy atom. The predicted octanol–water partition coefficient (Wildman–Crippen LogP) is 0.332. The predicted molar refractivity (Wildman–Crippen MR) is 48.3 cm³/mol. The van der Waals surface area contributed by atoms with Gasteiger partial charge >= 0.3 is 0 Å². The SMILES string of the molecule is Cc1c(C2CNC(=O)C2)cnn1C. The molecular weight excluding hydrogens is 166 g/mol. The number of hydrogen-bond donors (Lipinski definition) is 1. The van der Waals surface area contributed by atoms with Gasteiger partial charge in [-0.05, 0) is 12.5 Å². The van der Waals surface area contributed by atoms with Crippen LogP contribution in [-0.2, 0) is 11.8 Å². The van der Waals surface area contributed by atoms with Crippen molar-refractivity contribution in [2.45, 2.75) is 19.3 Å². The Morgan fingerprint density at radius 3 is 2.92 bits per heavy atom. The van der Waals surface area contributed by atoms with Crippen LogP contribution in [0.2, 0.25) is 0 Å². The van der Waals surface area contributed by atoms with Crippen molar-refractivity contribution < 1.29 is 4.79 Å². The fourth-order valence-corrected chi connectivity index (χ4v) is 1.74. The number of aryl methyl sites for hydroxylation is 1. The molecule has 1 aliphatic heterocycles. The molecule has 13 heavy (non-hydrogen) atoms. The second kappa shape index (κ2) is 2.87. The van der Waals surface area contributed by atoms with E-state index >= 15 is 0 Å². The lowest BCUT2D eigenvalue weighted by atomic mass is 9.99. The van der Waals surface area contributed by atoms with Gasteiger partial charge in [-0.3, -0.25) is 9.48 Å². The number of amides is 1. The molecule has 0 bridgehead atoms. The van der Waals surface area contributed by atoms with Crippen LogP contribution < -0.4 is 5.32 Å². The average Bonchev–Trinajstić information content (AvgIpc) is 2.62. The number of nitrogens with one attached hydrogen (secondary N) is 1. The molecule has 1 aliphatic rings. The first-order valence-corrected chi connectivity index (χ1v) is 4.43. The molecule has 0 saturated carbocycles. The van der Waals surface area contributed by atoms with E-state index in [0.29, 0.717) is 12.3 Å². The van der Waals surface area contributed by atoms with Gasteiger partial charge in [0.15, 0.2) is 0 Å². The Balaban J connectivity index is 2.26. The minimum atomic E-state index is 0.147. The molecule has 1 N–H and O–H groups in total. The largest absolute Gasteiger partial charge is 0.355 e. The Kier molecular flexibility index (Phi) is 1.83. The lowest BCUT2D eigenvalue weighted by Gasteiger charge is -2.05. The molecule has 0 aromatic carbocycles. The zero-order chi connectivity index (χ0) is 9.42. The zero-order valence-electron chi connectivity index (χ0n) is 7.87. The van der Waals surface area contributed by atoms with Crippen molar-refractivity contribution in [3.05, 3.63) is 17.5 Å². The van der Waals surface area contributed by atoms with E-state index < -0.39 is 0 Å². The van der Waals surface area contributed by atoms with Gasteiger partial charge in [0.2, 0.25) is 5.91 Å². The van der Waals surface area contributed by atoms with Crippen molar-refractivity contribution in [1.29, 1.82) is 0 Å². The van der Waals surface area contributed by atoms with Gasteiger partial charge in [-0.15, -0.1) is 0 Å². The zero-order valence-corrected chi connectivity index (χ0v) is 7.87. The normalized spacial score (nSPS) is 22.0. The summed E-state index contributed by atoms with van der Waals surface area (Å²) in [6, 6.07) is 0. The van der Waals surface area contributed by atoms with Crippen LogP contribution in [0.1, 0.15) is 23.6 Å². The topological polar surface area (TPSA) is 46.9 Å². The third-order valence-corrected chi connectivity index (χ3v) is 2.69. The van der Waals surface area contributed by atoms with E-state index in [0.717, 1.165) is 12.2 Å². The molecule has 0 radical (unpaired) electrons. The highest BCUT2D eigenvalue weighted by molar-refractivity contribution is 5.79. The fraction of sp³-hybridized carbons (Fsp3) is 0.556. The van der Waals surface area contributed by atoms with Gasteiger partial charge in [-0.2, -0.15) is 5.10 Å². The summed E-state index contributed by atoms with van der Waals surface area (Å²) in [5.41, 5.74) is 2.35. The van der Waals surface area contributed by atoms with Gasteiger partial charge in [0, 0.05) is 31.6 Å². The summed E-state index contributed by atoms with van der Waals surface area (Å²) < 4.78 is 1.85. The van der Waals surface area contributed by atoms with Crippen LogP contribution in [0.3, 0.4) is 0 Å². The van der Waals surface area contributed by atoms with E-state index in [4.69, 9.17) is 0 Å². The second-order valence-corrected chi connectivity index (χ2v) is 3.51. The van der Waals surface area contributed by atoms with Crippen LogP contribution in [0.4, 0.5) is 0 Å². The molecule has 0 spiro atoms.